The Bertz CT molecular complexity index is 795. The molecule has 0 aromatic heterocycles. The van der Waals surface area contributed by atoms with Crippen LogP contribution in [0.5, 0.6) is 11.5 Å². The molecule has 1 aliphatic rings. The Morgan fingerprint density at radius 3 is 2.71 bits per heavy atom. The third-order valence-corrected chi connectivity index (χ3v) is 5.50. The number of benzene rings is 2. The summed E-state index contributed by atoms with van der Waals surface area (Å²) in [7, 11) is 3.29. The second-order valence-corrected chi connectivity index (χ2v) is 6.95. The highest BCUT2D eigenvalue weighted by molar-refractivity contribution is 8.04. The fraction of sp³-hybridized carbons (Fsp3) is 0.250. The van der Waals surface area contributed by atoms with Gasteiger partial charge in [0.1, 0.15) is 11.5 Å². The zero-order valence-electron chi connectivity index (χ0n) is 14.0. The first-order valence-electron chi connectivity index (χ1n) is 7.82. The number of aryl methyl sites for hydroxylation is 1. The summed E-state index contributed by atoms with van der Waals surface area (Å²) in [6, 6.07) is 13.5. The van der Waals surface area contributed by atoms with Gasteiger partial charge in [-0.25, -0.2) is 0 Å². The van der Waals surface area contributed by atoms with Crippen molar-refractivity contribution in [2.75, 3.05) is 14.2 Å². The minimum Gasteiger partial charge on any atom is -0.497 e. The first kappa shape index (κ1) is 16.7. The molecular formula is C20H20O3S. The minimum absolute atomic E-state index is 0.0560. The Hall–Kier alpha value is -2.20. The number of hydrogen-bond acceptors (Lipinski definition) is 4. The van der Waals surface area contributed by atoms with Gasteiger partial charge in [-0.15, -0.1) is 11.8 Å². The summed E-state index contributed by atoms with van der Waals surface area (Å²) < 4.78 is 10.6. The molecule has 0 saturated heterocycles. The predicted molar refractivity (Wildman–Crippen MR) is 98.1 cm³/mol. The Morgan fingerprint density at radius 1 is 1.12 bits per heavy atom. The zero-order chi connectivity index (χ0) is 17.1. The molecule has 24 heavy (non-hydrogen) atoms. The fourth-order valence-corrected chi connectivity index (χ4v) is 3.96. The van der Waals surface area contributed by atoms with Crippen LogP contribution in [0.15, 0.2) is 53.4 Å². The normalized spacial score (nSPS) is 16.6. The SMILES string of the molecule is COc1cccc(C(=O)C2=CCC(c3ccc(C)c(OC)c3)S2)c1. The molecule has 1 unspecified atom stereocenters. The third kappa shape index (κ3) is 3.34. The number of carbonyl (C=O) groups is 1. The van der Waals surface area contributed by atoms with Crippen LogP contribution >= 0.6 is 11.8 Å². The highest BCUT2D eigenvalue weighted by Crippen LogP contribution is 2.45. The van der Waals surface area contributed by atoms with Crippen LogP contribution < -0.4 is 9.47 Å². The van der Waals surface area contributed by atoms with E-state index in [4.69, 9.17) is 9.47 Å². The maximum absolute atomic E-state index is 12.7. The van der Waals surface area contributed by atoms with Gasteiger partial charge in [0.25, 0.3) is 0 Å². The molecule has 2 aromatic rings. The van der Waals surface area contributed by atoms with Gasteiger partial charge in [-0.1, -0.05) is 30.3 Å². The summed E-state index contributed by atoms with van der Waals surface area (Å²) in [4.78, 5) is 13.5. The molecule has 1 heterocycles. The van der Waals surface area contributed by atoms with Gasteiger partial charge in [-0.3, -0.25) is 4.79 Å². The number of thioether (sulfide) groups is 1. The van der Waals surface area contributed by atoms with Crippen LogP contribution in [-0.2, 0) is 0 Å². The van der Waals surface area contributed by atoms with Crippen molar-refractivity contribution < 1.29 is 14.3 Å². The van der Waals surface area contributed by atoms with Crippen LogP contribution in [0.3, 0.4) is 0 Å². The van der Waals surface area contributed by atoms with Gasteiger partial charge in [0.05, 0.1) is 19.1 Å². The Balaban J connectivity index is 1.76. The van der Waals surface area contributed by atoms with Crippen LogP contribution in [0.1, 0.15) is 33.2 Å². The fourth-order valence-electron chi connectivity index (χ4n) is 2.76. The van der Waals surface area contributed by atoms with E-state index in [1.54, 1.807) is 32.0 Å². The molecule has 0 fully saturated rings. The first-order chi connectivity index (χ1) is 11.6. The molecule has 0 radical (unpaired) electrons. The lowest BCUT2D eigenvalue weighted by atomic mass is 10.1. The molecule has 0 saturated carbocycles. The summed E-state index contributed by atoms with van der Waals surface area (Å²) >= 11 is 1.62. The van der Waals surface area contributed by atoms with E-state index in [1.807, 2.05) is 31.2 Å². The molecule has 0 aliphatic carbocycles. The van der Waals surface area contributed by atoms with Crippen LogP contribution in [0.2, 0.25) is 0 Å². The summed E-state index contributed by atoms with van der Waals surface area (Å²) in [6.07, 6.45) is 2.88. The van der Waals surface area contributed by atoms with E-state index >= 15 is 0 Å². The number of hydrogen-bond donors (Lipinski definition) is 0. The molecule has 124 valence electrons. The molecule has 0 amide bonds. The van der Waals surface area contributed by atoms with Crippen molar-refractivity contribution in [3.8, 4) is 11.5 Å². The Labute approximate surface area is 146 Å². The van der Waals surface area contributed by atoms with Crippen molar-refractivity contribution in [2.45, 2.75) is 18.6 Å². The number of carbonyl (C=O) groups excluding carboxylic acids is 1. The second-order valence-electron chi connectivity index (χ2n) is 5.70. The van der Waals surface area contributed by atoms with Crippen molar-refractivity contribution in [1.29, 1.82) is 0 Å². The lowest BCUT2D eigenvalue weighted by molar-refractivity contribution is 0.104. The molecule has 0 N–H and O–H groups in total. The molecule has 2 aromatic carbocycles. The molecule has 0 spiro atoms. The van der Waals surface area contributed by atoms with Gasteiger partial charge in [0.2, 0.25) is 0 Å². The van der Waals surface area contributed by atoms with E-state index in [2.05, 4.69) is 18.2 Å². The number of Topliss-reactive ketones (excluding diaryl/α,β-unsaturated/α-hetero) is 1. The van der Waals surface area contributed by atoms with Gasteiger partial charge in [-0.2, -0.15) is 0 Å². The highest BCUT2D eigenvalue weighted by Gasteiger charge is 2.25. The van der Waals surface area contributed by atoms with Crippen molar-refractivity contribution in [3.63, 3.8) is 0 Å². The van der Waals surface area contributed by atoms with E-state index < -0.39 is 0 Å². The summed E-state index contributed by atoms with van der Waals surface area (Å²) in [5, 5.41) is 0.254. The molecule has 3 rings (SSSR count). The van der Waals surface area contributed by atoms with Crippen molar-refractivity contribution in [2.24, 2.45) is 0 Å². The number of ether oxygens (including phenoxy) is 2. The monoisotopic (exact) mass is 340 g/mol. The predicted octanol–water partition coefficient (Wildman–Crippen LogP) is 4.96. The average Bonchev–Trinajstić information content (AvgIpc) is 3.11. The number of allylic oxidation sites excluding steroid dienone is 2. The van der Waals surface area contributed by atoms with E-state index in [9.17, 15) is 4.79 Å². The van der Waals surface area contributed by atoms with Gasteiger partial charge in [0.15, 0.2) is 5.78 Å². The number of ketones is 1. The van der Waals surface area contributed by atoms with E-state index in [-0.39, 0.29) is 11.0 Å². The Kier molecular flexibility index (Phi) is 4.95. The third-order valence-electron chi connectivity index (χ3n) is 4.15. The van der Waals surface area contributed by atoms with Crippen LogP contribution in [0.4, 0.5) is 0 Å². The van der Waals surface area contributed by atoms with Gasteiger partial charge in [0, 0.05) is 10.8 Å². The van der Waals surface area contributed by atoms with E-state index in [1.165, 1.54) is 5.56 Å². The van der Waals surface area contributed by atoms with E-state index in [0.717, 1.165) is 22.6 Å². The zero-order valence-corrected chi connectivity index (χ0v) is 14.9. The first-order valence-corrected chi connectivity index (χ1v) is 8.70. The topological polar surface area (TPSA) is 35.5 Å². The maximum Gasteiger partial charge on any atom is 0.199 e. The Morgan fingerprint density at radius 2 is 1.96 bits per heavy atom. The highest BCUT2D eigenvalue weighted by atomic mass is 32.2. The maximum atomic E-state index is 12.7. The summed E-state index contributed by atoms with van der Waals surface area (Å²) in [6.45, 7) is 2.03. The van der Waals surface area contributed by atoms with Gasteiger partial charge >= 0.3 is 0 Å². The number of rotatable bonds is 5. The van der Waals surface area contributed by atoms with Gasteiger partial charge < -0.3 is 9.47 Å². The average molecular weight is 340 g/mol. The quantitative estimate of drug-likeness (QED) is 0.721. The van der Waals surface area contributed by atoms with Crippen LogP contribution in [-0.4, -0.2) is 20.0 Å². The van der Waals surface area contributed by atoms with Crippen molar-refractivity contribution in [1.82, 2.24) is 0 Å². The second kappa shape index (κ2) is 7.14. The summed E-state index contributed by atoms with van der Waals surface area (Å²) in [5.41, 5.74) is 2.97. The summed E-state index contributed by atoms with van der Waals surface area (Å²) in [5.74, 6) is 1.64. The molecule has 1 aliphatic heterocycles. The van der Waals surface area contributed by atoms with Crippen molar-refractivity contribution >= 4 is 17.5 Å². The van der Waals surface area contributed by atoms with Crippen molar-refractivity contribution in [3.05, 3.63) is 70.1 Å². The molecule has 4 heteroatoms. The van der Waals surface area contributed by atoms with Gasteiger partial charge in [-0.05, 0) is 42.7 Å². The lowest BCUT2D eigenvalue weighted by Crippen LogP contribution is -2.00. The van der Waals surface area contributed by atoms with Crippen LogP contribution in [0.25, 0.3) is 0 Å². The smallest absolute Gasteiger partial charge is 0.199 e. The molecule has 0 bridgehead atoms. The minimum atomic E-state index is 0.0560. The standard InChI is InChI=1S/C20H20O3S/c1-13-7-8-14(12-17(13)23-3)18-9-10-19(24-18)20(21)15-5-4-6-16(11-15)22-2/h4-8,10-12,18H,9H2,1-3H3. The molecule has 3 nitrogen and oxygen atoms in total. The molecular weight excluding hydrogens is 320 g/mol. The lowest BCUT2D eigenvalue weighted by Gasteiger charge is -2.13. The molecule has 1 atom stereocenters. The largest absolute Gasteiger partial charge is 0.497 e. The van der Waals surface area contributed by atoms with Crippen LogP contribution in [0, 0.1) is 6.92 Å². The number of methoxy groups -OCH3 is 2. The van der Waals surface area contributed by atoms with E-state index in [0.29, 0.717) is 11.3 Å².